The van der Waals surface area contributed by atoms with E-state index < -0.39 is 0 Å². The normalized spacial score (nSPS) is 15.0. The number of hydrogen-bond acceptors (Lipinski definition) is 4. The predicted molar refractivity (Wildman–Crippen MR) is 99.3 cm³/mol. The van der Waals surface area contributed by atoms with E-state index in [0.29, 0.717) is 23.9 Å². The SMILES string of the molecule is O=C(NCc1ccc2c(c1)OCO2)c1cc(C2CC2)nn1-c1ccccc1. The van der Waals surface area contributed by atoms with Gasteiger partial charge in [-0.1, -0.05) is 24.3 Å². The molecule has 0 spiro atoms. The summed E-state index contributed by atoms with van der Waals surface area (Å²) in [6, 6.07) is 17.4. The van der Waals surface area contributed by atoms with Crippen LogP contribution in [-0.4, -0.2) is 22.5 Å². The first-order chi connectivity index (χ1) is 13.3. The molecule has 27 heavy (non-hydrogen) atoms. The van der Waals surface area contributed by atoms with Gasteiger partial charge in [-0.05, 0) is 48.7 Å². The summed E-state index contributed by atoms with van der Waals surface area (Å²) in [4.78, 5) is 12.9. The smallest absolute Gasteiger partial charge is 0.270 e. The molecule has 1 saturated carbocycles. The number of rotatable bonds is 5. The molecule has 6 nitrogen and oxygen atoms in total. The molecule has 2 aliphatic rings. The van der Waals surface area contributed by atoms with Crippen molar-refractivity contribution in [2.24, 2.45) is 0 Å². The van der Waals surface area contributed by atoms with Crippen LogP contribution < -0.4 is 14.8 Å². The number of carbonyl (C=O) groups is 1. The first-order valence-corrected chi connectivity index (χ1v) is 9.10. The third kappa shape index (κ3) is 3.14. The lowest BCUT2D eigenvalue weighted by atomic mass is 10.2. The topological polar surface area (TPSA) is 65.4 Å². The molecule has 0 atom stereocenters. The van der Waals surface area contributed by atoms with Crippen molar-refractivity contribution in [2.45, 2.75) is 25.3 Å². The fraction of sp³-hybridized carbons (Fsp3) is 0.238. The predicted octanol–water partition coefficient (Wildman–Crippen LogP) is 3.41. The number of aromatic nitrogens is 2. The molecule has 136 valence electrons. The monoisotopic (exact) mass is 361 g/mol. The molecular weight excluding hydrogens is 342 g/mol. The zero-order valence-corrected chi connectivity index (χ0v) is 14.7. The highest BCUT2D eigenvalue weighted by molar-refractivity contribution is 5.93. The lowest BCUT2D eigenvalue weighted by Crippen LogP contribution is -2.25. The van der Waals surface area contributed by atoms with Gasteiger partial charge < -0.3 is 14.8 Å². The van der Waals surface area contributed by atoms with E-state index in [-0.39, 0.29) is 12.7 Å². The van der Waals surface area contributed by atoms with Gasteiger partial charge in [0.25, 0.3) is 5.91 Å². The van der Waals surface area contributed by atoms with Crippen LogP contribution in [0, 0.1) is 0 Å². The molecule has 1 N–H and O–H groups in total. The summed E-state index contributed by atoms with van der Waals surface area (Å²) in [6.45, 7) is 0.652. The van der Waals surface area contributed by atoms with Crippen LogP contribution in [0.5, 0.6) is 11.5 Å². The highest BCUT2D eigenvalue weighted by Crippen LogP contribution is 2.39. The number of hydrogen-bond donors (Lipinski definition) is 1. The fourth-order valence-corrected chi connectivity index (χ4v) is 3.23. The zero-order valence-electron chi connectivity index (χ0n) is 14.7. The number of benzene rings is 2. The Bertz CT molecular complexity index is 993. The third-order valence-electron chi connectivity index (χ3n) is 4.85. The zero-order chi connectivity index (χ0) is 18.2. The number of amides is 1. The van der Waals surface area contributed by atoms with Crippen molar-refractivity contribution in [3.63, 3.8) is 0 Å². The maximum absolute atomic E-state index is 12.9. The first-order valence-electron chi connectivity index (χ1n) is 9.10. The molecule has 5 rings (SSSR count). The molecular formula is C21H19N3O3. The molecule has 6 heteroatoms. The Morgan fingerprint density at radius 1 is 1.07 bits per heavy atom. The van der Waals surface area contributed by atoms with Gasteiger partial charge in [0, 0.05) is 12.5 Å². The minimum atomic E-state index is -0.143. The number of para-hydroxylation sites is 1. The van der Waals surface area contributed by atoms with E-state index in [2.05, 4.69) is 10.4 Å². The summed E-state index contributed by atoms with van der Waals surface area (Å²) in [6.07, 6.45) is 2.29. The van der Waals surface area contributed by atoms with E-state index in [1.54, 1.807) is 4.68 Å². The molecule has 1 amide bonds. The Hall–Kier alpha value is -3.28. The molecule has 2 heterocycles. The van der Waals surface area contributed by atoms with Gasteiger partial charge in [0.15, 0.2) is 11.5 Å². The van der Waals surface area contributed by atoms with Gasteiger partial charge in [0.2, 0.25) is 6.79 Å². The number of fused-ring (bicyclic) bond motifs is 1. The number of ether oxygens (including phenoxy) is 2. The molecule has 0 radical (unpaired) electrons. The quantitative estimate of drug-likeness (QED) is 0.756. The minimum Gasteiger partial charge on any atom is -0.454 e. The summed E-state index contributed by atoms with van der Waals surface area (Å²) >= 11 is 0. The summed E-state index contributed by atoms with van der Waals surface area (Å²) < 4.78 is 12.5. The third-order valence-corrected chi connectivity index (χ3v) is 4.85. The standard InChI is InChI=1S/C21H19N3O3/c25-21(22-12-14-6-9-19-20(10-14)27-13-26-19)18-11-17(15-7-8-15)23-24(18)16-4-2-1-3-5-16/h1-6,9-11,15H,7-8,12-13H2,(H,22,25). The van der Waals surface area contributed by atoms with E-state index in [1.165, 1.54) is 0 Å². The van der Waals surface area contributed by atoms with Gasteiger partial charge >= 0.3 is 0 Å². The molecule has 1 aliphatic carbocycles. The van der Waals surface area contributed by atoms with Crippen molar-refractivity contribution in [1.82, 2.24) is 15.1 Å². The molecule has 2 aromatic carbocycles. The van der Waals surface area contributed by atoms with Crippen molar-refractivity contribution in [2.75, 3.05) is 6.79 Å². The molecule has 1 fully saturated rings. The van der Waals surface area contributed by atoms with Crippen molar-refractivity contribution in [1.29, 1.82) is 0 Å². The Morgan fingerprint density at radius 3 is 2.70 bits per heavy atom. The number of nitrogens with one attached hydrogen (secondary N) is 1. The number of nitrogens with zero attached hydrogens (tertiary/aromatic N) is 2. The molecule has 0 saturated heterocycles. The average molecular weight is 361 g/mol. The van der Waals surface area contributed by atoms with Crippen LogP contribution in [0.3, 0.4) is 0 Å². The van der Waals surface area contributed by atoms with E-state index in [1.807, 2.05) is 54.6 Å². The van der Waals surface area contributed by atoms with Gasteiger partial charge in [-0.2, -0.15) is 5.10 Å². The van der Waals surface area contributed by atoms with Crippen molar-refractivity contribution >= 4 is 5.91 Å². The van der Waals surface area contributed by atoms with Crippen LogP contribution in [0.4, 0.5) is 0 Å². The van der Waals surface area contributed by atoms with Gasteiger partial charge in [0.05, 0.1) is 11.4 Å². The first kappa shape index (κ1) is 15.9. The maximum Gasteiger partial charge on any atom is 0.270 e. The largest absolute Gasteiger partial charge is 0.454 e. The van der Waals surface area contributed by atoms with Gasteiger partial charge in [0.1, 0.15) is 5.69 Å². The molecule has 1 aromatic heterocycles. The van der Waals surface area contributed by atoms with Gasteiger partial charge in [-0.15, -0.1) is 0 Å². The van der Waals surface area contributed by atoms with E-state index in [0.717, 1.165) is 35.5 Å². The van der Waals surface area contributed by atoms with Gasteiger partial charge in [-0.3, -0.25) is 4.79 Å². The second kappa shape index (κ2) is 6.46. The molecule has 0 bridgehead atoms. The maximum atomic E-state index is 12.9. The Morgan fingerprint density at radius 2 is 1.89 bits per heavy atom. The average Bonchev–Trinajstić information content (AvgIpc) is 3.28. The lowest BCUT2D eigenvalue weighted by molar-refractivity contribution is 0.0943. The summed E-state index contributed by atoms with van der Waals surface area (Å²) in [7, 11) is 0. The summed E-state index contributed by atoms with van der Waals surface area (Å²) in [5, 5.41) is 7.68. The van der Waals surface area contributed by atoms with Crippen LogP contribution in [-0.2, 0) is 6.54 Å². The van der Waals surface area contributed by atoms with Crippen LogP contribution >= 0.6 is 0 Å². The van der Waals surface area contributed by atoms with Crippen LogP contribution in [0.2, 0.25) is 0 Å². The molecule has 3 aromatic rings. The van der Waals surface area contributed by atoms with Crippen molar-refractivity contribution < 1.29 is 14.3 Å². The van der Waals surface area contributed by atoms with Crippen LogP contribution in [0.1, 0.15) is 40.5 Å². The Kier molecular flexibility index (Phi) is 3.81. The second-order valence-electron chi connectivity index (χ2n) is 6.85. The second-order valence-corrected chi connectivity index (χ2v) is 6.85. The van der Waals surface area contributed by atoms with Crippen LogP contribution in [0.25, 0.3) is 5.69 Å². The van der Waals surface area contributed by atoms with Crippen molar-refractivity contribution in [3.8, 4) is 17.2 Å². The fourth-order valence-electron chi connectivity index (χ4n) is 3.23. The van der Waals surface area contributed by atoms with E-state index in [4.69, 9.17) is 9.47 Å². The summed E-state index contributed by atoms with van der Waals surface area (Å²) in [5.74, 6) is 1.79. The van der Waals surface area contributed by atoms with Crippen LogP contribution in [0.15, 0.2) is 54.6 Å². The van der Waals surface area contributed by atoms with Gasteiger partial charge in [-0.25, -0.2) is 4.68 Å². The van der Waals surface area contributed by atoms with E-state index >= 15 is 0 Å². The molecule has 1 aliphatic heterocycles. The lowest BCUT2D eigenvalue weighted by Gasteiger charge is -2.09. The Balaban J connectivity index is 1.38. The number of carbonyl (C=O) groups excluding carboxylic acids is 1. The minimum absolute atomic E-state index is 0.143. The van der Waals surface area contributed by atoms with Crippen molar-refractivity contribution in [3.05, 3.63) is 71.5 Å². The highest BCUT2D eigenvalue weighted by atomic mass is 16.7. The Labute approximate surface area is 156 Å². The summed E-state index contributed by atoms with van der Waals surface area (Å²) in [5.41, 5.74) is 3.40. The van der Waals surface area contributed by atoms with E-state index in [9.17, 15) is 4.79 Å². The highest BCUT2D eigenvalue weighted by Gasteiger charge is 2.29. The molecule has 0 unspecified atom stereocenters.